The lowest BCUT2D eigenvalue weighted by Crippen LogP contribution is -2.34. The van der Waals surface area contributed by atoms with Crippen LogP contribution in [0.5, 0.6) is 0 Å². The van der Waals surface area contributed by atoms with E-state index in [1.54, 1.807) is 0 Å². The quantitative estimate of drug-likeness (QED) is 0.446. The lowest BCUT2D eigenvalue weighted by atomic mass is 10.1. The number of unbranched alkanes of at least 4 members (excludes halogenated alkanes) is 3. The summed E-state index contributed by atoms with van der Waals surface area (Å²) in [5.41, 5.74) is 1.41. The number of hydrogen-bond donors (Lipinski definition) is 0. The van der Waals surface area contributed by atoms with Gasteiger partial charge in [-0.1, -0.05) is 55.4 Å². The number of hydrogen-bond acceptors (Lipinski definition) is 1. The molecule has 3 aromatic rings. The number of thiazole rings is 1. The first-order valence-corrected chi connectivity index (χ1v) is 8.43. The summed E-state index contributed by atoms with van der Waals surface area (Å²) < 4.78 is 3.94. The van der Waals surface area contributed by atoms with E-state index in [9.17, 15) is 0 Å². The molecule has 0 fully saturated rings. The molecule has 0 N–H and O–H groups in total. The van der Waals surface area contributed by atoms with Crippen molar-refractivity contribution in [1.29, 1.82) is 0 Å². The molecule has 0 radical (unpaired) electrons. The molecule has 3 rings (SSSR count). The van der Waals surface area contributed by atoms with E-state index in [2.05, 4.69) is 54.8 Å². The molecule has 0 aliphatic rings. The van der Waals surface area contributed by atoms with E-state index in [-0.39, 0.29) is 0 Å². The maximum absolute atomic E-state index is 2.50. The number of benzene rings is 2. The van der Waals surface area contributed by atoms with Crippen LogP contribution in [0.1, 0.15) is 37.6 Å². The summed E-state index contributed by atoms with van der Waals surface area (Å²) in [7, 11) is 0. The van der Waals surface area contributed by atoms with Gasteiger partial charge in [0, 0.05) is 24.8 Å². The third-order valence-electron chi connectivity index (χ3n) is 4.01. The number of nitrogens with zero attached hydrogens (tertiary/aromatic N) is 1. The Morgan fingerprint density at radius 1 is 1.00 bits per heavy atom. The fourth-order valence-corrected chi connectivity index (χ4v) is 4.07. The highest BCUT2D eigenvalue weighted by Crippen LogP contribution is 2.29. The minimum atomic E-state index is 1.16. The van der Waals surface area contributed by atoms with E-state index in [1.807, 2.05) is 11.3 Å². The Bertz CT molecular complexity index is 727. The zero-order valence-corrected chi connectivity index (χ0v) is 13.2. The van der Waals surface area contributed by atoms with Gasteiger partial charge >= 0.3 is 0 Å². The lowest BCUT2D eigenvalue weighted by molar-refractivity contribution is -0.673. The fraction of sp³-hybridized carbons (Fsp3) is 0.389. The molecule has 104 valence electrons. The average Bonchev–Trinajstić information content (AvgIpc) is 2.80. The minimum Gasteiger partial charge on any atom is -0.186 e. The molecule has 0 saturated carbocycles. The van der Waals surface area contributed by atoms with Gasteiger partial charge in [-0.15, -0.1) is 0 Å². The topological polar surface area (TPSA) is 3.88 Å². The van der Waals surface area contributed by atoms with Crippen LogP contribution in [0.4, 0.5) is 0 Å². The van der Waals surface area contributed by atoms with Gasteiger partial charge in [-0.25, -0.2) is 0 Å². The Morgan fingerprint density at radius 3 is 2.70 bits per heavy atom. The molecule has 1 heterocycles. The summed E-state index contributed by atoms with van der Waals surface area (Å²) in [6.07, 6.45) is 5.29. The van der Waals surface area contributed by atoms with Crippen molar-refractivity contribution >= 4 is 32.3 Å². The zero-order valence-electron chi connectivity index (χ0n) is 12.4. The summed E-state index contributed by atoms with van der Waals surface area (Å²) in [6.45, 7) is 5.67. The van der Waals surface area contributed by atoms with Crippen LogP contribution in [0.25, 0.3) is 21.0 Å². The van der Waals surface area contributed by atoms with E-state index in [0.29, 0.717) is 0 Å². The van der Waals surface area contributed by atoms with Crippen molar-refractivity contribution in [3.05, 3.63) is 41.4 Å². The van der Waals surface area contributed by atoms with Crippen LogP contribution in [0, 0.1) is 6.92 Å². The third-order valence-corrected chi connectivity index (χ3v) is 5.16. The molecule has 0 bridgehead atoms. The van der Waals surface area contributed by atoms with E-state index >= 15 is 0 Å². The molecule has 0 amide bonds. The maximum Gasteiger partial charge on any atom is 0.235 e. The van der Waals surface area contributed by atoms with Gasteiger partial charge < -0.3 is 0 Å². The standard InChI is InChI=1S/C18H22NS/c1-3-4-5-8-13-19-14(2)20-18-16-10-7-6-9-15(16)11-12-17(18)19/h6-7,9-12H,3-5,8,13H2,1-2H3/q+1. The van der Waals surface area contributed by atoms with Crippen molar-refractivity contribution < 1.29 is 4.57 Å². The molecule has 0 spiro atoms. The highest BCUT2D eigenvalue weighted by Gasteiger charge is 2.18. The number of aryl methyl sites for hydroxylation is 2. The van der Waals surface area contributed by atoms with Crippen LogP contribution in [0.3, 0.4) is 0 Å². The SMILES string of the molecule is CCCCCC[n+]1c(C)sc2c3ccccc3ccc21. The van der Waals surface area contributed by atoms with E-state index in [0.717, 1.165) is 6.54 Å². The highest BCUT2D eigenvalue weighted by molar-refractivity contribution is 7.19. The first-order valence-electron chi connectivity index (χ1n) is 7.62. The van der Waals surface area contributed by atoms with Crippen LogP contribution in [0.15, 0.2) is 36.4 Å². The van der Waals surface area contributed by atoms with Crippen LogP contribution in [-0.4, -0.2) is 0 Å². The lowest BCUT2D eigenvalue weighted by Gasteiger charge is -1.99. The maximum atomic E-state index is 2.50. The highest BCUT2D eigenvalue weighted by atomic mass is 32.1. The number of fused-ring (bicyclic) bond motifs is 3. The van der Waals surface area contributed by atoms with E-state index < -0.39 is 0 Å². The molecule has 0 aliphatic carbocycles. The summed E-state index contributed by atoms with van der Waals surface area (Å²) in [5.74, 6) is 0. The van der Waals surface area contributed by atoms with E-state index in [1.165, 1.54) is 51.7 Å². The summed E-state index contributed by atoms with van der Waals surface area (Å²) in [4.78, 5) is 0. The molecule has 1 nitrogen and oxygen atoms in total. The molecule has 0 aliphatic heterocycles. The monoisotopic (exact) mass is 284 g/mol. The Kier molecular flexibility index (Phi) is 4.02. The van der Waals surface area contributed by atoms with Crippen molar-refractivity contribution in [2.75, 3.05) is 0 Å². The summed E-state index contributed by atoms with van der Waals surface area (Å²) >= 11 is 1.93. The molecular formula is C18H22NS+. The third kappa shape index (κ3) is 2.45. The largest absolute Gasteiger partial charge is 0.235 e. The molecule has 0 atom stereocenters. The second kappa shape index (κ2) is 5.92. The Balaban J connectivity index is 2.00. The molecule has 0 unspecified atom stereocenters. The normalized spacial score (nSPS) is 11.5. The van der Waals surface area contributed by atoms with Crippen LogP contribution in [0.2, 0.25) is 0 Å². The first kappa shape index (κ1) is 13.6. The van der Waals surface area contributed by atoms with E-state index in [4.69, 9.17) is 0 Å². The van der Waals surface area contributed by atoms with Gasteiger partial charge in [-0.05, 0) is 17.9 Å². The van der Waals surface area contributed by atoms with Crippen molar-refractivity contribution in [3.8, 4) is 0 Å². The molecule has 0 saturated heterocycles. The van der Waals surface area contributed by atoms with Crippen molar-refractivity contribution in [2.24, 2.45) is 0 Å². The van der Waals surface area contributed by atoms with Crippen molar-refractivity contribution in [2.45, 2.75) is 46.1 Å². The van der Waals surface area contributed by atoms with Crippen molar-refractivity contribution in [3.63, 3.8) is 0 Å². The molecular weight excluding hydrogens is 262 g/mol. The van der Waals surface area contributed by atoms with Gasteiger partial charge in [0.05, 0.1) is 0 Å². The molecule has 2 aromatic carbocycles. The first-order chi connectivity index (χ1) is 9.81. The summed E-state index contributed by atoms with van der Waals surface area (Å²) in [5, 5.41) is 4.16. The van der Waals surface area contributed by atoms with Gasteiger partial charge in [0.25, 0.3) is 0 Å². The van der Waals surface area contributed by atoms with Crippen molar-refractivity contribution in [1.82, 2.24) is 0 Å². The number of aromatic nitrogens is 1. The van der Waals surface area contributed by atoms with Gasteiger partial charge in [-0.2, -0.15) is 4.57 Å². The fourth-order valence-electron chi connectivity index (χ4n) is 2.90. The van der Waals surface area contributed by atoms with Gasteiger partial charge in [0.1, 0.15) is 11.2 Å². The number of rotatable bonds is 5. The van der Waals surface area contributed by atoms with Crippen LogP contribution >= 0.6 is 11.3 Å². The molecule has 2 heteroatoms. The Hall–Kier alpha value is -1.41. The Labute approximate surface area is 124 Å². The van der Waals surface area contributed by atoms with Crippen LogP contribution < -0.4 is 4.57 Å². The second-order valence-electron chi connectivity index (χ2n) is 5.47. The van der Waals surface area contributed by atoms with Gasteiger partial charge in [-0.3, -0.25) is 0 Å². The van der Waals surface area contributed by atoms with Gasteiger partial charge in [0.15, 0.2) is 0 Å². The predicted octanol–water partition coefficient (Wildman–Crippen LogP) is 5.23. The second-order valence-corrected chi connectivity index (χ2v) is 6.67. The Morgan fingerprint density at radius 2 is 1.85 bits per heavy atom. The predicted molar refractivity (Wildman–Crippen MR) is 88.4 cm³/mol. The molecule has 1 aromatic heterocycles. The zero-order chi connectivity index (χ0) is 13.9. The van der Waals surface area contributed by atoms with Gasteiger partial charge in [0.2, 0.25) is 10.5 Å². The smallest absolute Gasteiger partial charge is 0.186 e. The summed E-state index contributed by atoms with van der Waals surface area (Å²) in [6, 6.07) is 13.3. The minimum absolute atomic E-state index is 1.16. The average molecular weight is 284 g/mol. The van der Waals surface area contributed by atoms with Crippen LogP contribution in [-0.2, 0) is 6.54 Å². The molecule has 20 heavy (non-hydrogen) atoms.